The molecule has 8 nitrogen and oxygen atoms in total. The van der Waals surface area contributed by atoms with Gasteiger partial charge in [0.2, 0.25) is 16.0 Å². The number of hydrogen-bond acceptors (Lipinski definition) is 6. The Morgan fingerprint density at radius 2 is 2.04 bits per heavy atom. The van der Waals surface area contributed by atoms with Crippen LogP contribution in [0.2, 0.25) is 0 Å². The largest absolute Gasteiger partial charge is 0.391 e. The number of nitrogens with zero attached hydrogens (tertiary/aromatic N) is 4. The Bertz CT molecular complexity index is 995. The number of primary sulfonamides is 1. The molecule has 12 heteroatoms. The van der Waals surface area contributed by atoms with Crippen LogP contribution in [0.5, 0.6) is 0 Å². The van der Waals surface area contributed by atoms with Crippen LogP contribution in [0.3, 0.4) is 0 Å². The monoisotopic (exact) mass is 374 g/mol. The van der Waals surface area contributed by atoms with Gasteiger partial charge in [0.15, 0.2) is 5.65 Å². The van der Waals surface area contributed by atoms with E-state index in [1.807, 2.05) is 0 Å². The van der Waals surface area contributed by atoms with Gasteiger partial charge in [0.25, 0.3) is 0 Å². The highest BCUT2D eigenvalue weighted by Gasteiger charge is 2.49. The highest BCUT2D eigenvalue weighted by atomic mass is 32.2. The quantitative estimate of drug-likeness (QED) is 0.819. The van der Waals surface area contributed by atoms with Gasteiger partial charge in [-0.25, -0.2) is 18.1 Å². The fourth-order valence-corrected chi connectivity index (χ4v) is 3.52. The van der Waals surface area contributed by atoms with Crippen molar-refractivity contribution in [1.29, 1.82) is 0 Å². The molecule has 0 bridgehead atoms. The Hall–Kier alpha value is -2.47. The molecule has 0 amide bonds. The number of nitrogen functional groups attached to an aromatic ring is 1. The van der Waals surface area contributed by atoms with E-state index < -0.39 is 33.9 Å². The summed E-state index contributed by atoms with van der Waals surface area (Å²) in [5.74, 6) is 0.0272. The van der Waals surface area contributed by atoms with E-state index in [4.69, 9.17) is 10.9 Å². The molecule has 2 aromatic rings. The maximum Gasteiger partial charge on any atom is 0.391 e. The number of aliphatic imine (C=N–C) groups is 1. The summed E-state index contributed by atoms with van der Waals surface area (Å²) in [7, 11) is -4.56. The lowest BCUT2D eigenvalue weighted by atomic mass is 9.95. The van der Waals surface area contributed by atoms with Crippen LogP contribution < -0.4 is 10.9 Å². The van der Waals surface area contributed by atoms with Crippen LogP contribution in [-0.4, -0.2) is 46.7 Å². The highest BCUT2D eigenvalue weighted by Crippen LogP contribution is 2.37. The zero-order chi connectivity index (χ0) is 18.5. The summed E-state index contributed by atoms with van der Waals surface area (Å²) < 4.78 is 61.5. The van der Waals surface area contributed by atoms with Gasteiger partial charge in [-0.3, -0.25) is 4.99 Å². The van der Waals surface area contributed by atoms with Crippen molar-refractivity contribution in [2.75, 3.05) is 12.3 Å². The molecule has 1 aliphatic rings. The molecule has 4 N–H and O–H groups in total. The van der Waals surface area contributed by atoms with Crippen molar-refractivity contribution in [1.82, 2.24) is 14.6 Å². The van der Waals surface area contributed by atoms with Gasteiger partial charge in [-0.05, 0) is 17.7 Å². The minimum Gasteiger partial charge on any atom is -0.366 e. The first-order valence-electron chi connectivity index (χ1n) is 6.93. The van der Waals surface area contributed by atoms with Gasteiger partial charge < -0.3 is 5.73 Å². The van der Waals surface area contributed by atoms with Crippen LogP contribution in [0, 0.1) is 0 Å². The zero-order valence-corrected chi connectivity index (χ0v) is 13.4. The topological polar surface area (TPSA) is 129 Å². The Labute approximate surface area is 140 Å². The van der Waals surface area contributed by atoms with E-state index >= 15 is 0 Å². The summed E-state index contributed by atoms with van der Waals surface area (Å²) in [4.78, 5) is 7.73. The number of sulfonamides is 1. The molecule has 25 heavy (non-hydrogen) atoms. The molecule has 0 aliphatic carbocycles. The third-order valence-electron chi connectivity index (χ3n) is 3.75. The third-order valence-corrected chi connectivity index (χ3v) is 5.28. The smallest absolute Gasteiger partial charge is 0.366 e. The van der Waals surface area contributed by atoms with Crippen molar-refractivity contribution < 1.29 is 21.6 Å². The molecule has 3 heterocycles. The first kappa shape index (κ1) is 17.4. The molecule has 1 aliphatic heterocycles. The minimum absolute atomic E-state index is 0.0272. The zero-order valence-electron chi connectivity index (χ0n) is 12.6. The molecule has 3 rings (SSSR count). The van der Waals surface area contributed by atoms with E-state index in [2.05, 4.69) is 15.1 Å². The molecule has 0 saturated heterocycles. The molecule has 0 spiro atoms. The number of aromatic nitrogens is 3. The van der Waals surface area contributed by atoms with E-state index in [-0.39, 0.29) is 11.5 Å². The summed E-state index contributed by atoms with van der Waals surface area (Å²) in [6.07, 6.45) is -2.61. The number of pyridine rings is 1. The summed E-state index contributed by atoms with van der Waals surface area (Å²) >= 11 is 0. The van der Waals surface area contributed by atoms with E-state index in [1.165, 1.54) is 16.9 Å². The standard InChI is InChI=1S/C13H13F3N6O2S/c14-13(15,16)6-12(25(18,23)24)3-9(4-19-7-12)8-1-2-10-20-11(17)21-22(10)5-8/h1-5H,6-7H2,(H2,17,21)(H2,18,23,24). The number of allylic oxidation sites excluding steroid dienone is 1. The average molecular weight is 374 g/mol. The third kappa shape index (κ3) is 3.35. The number of nitrogens with two attached hydrogens (primary N) is 2. The van der Waals surface area contributed by atoms with Crippen molar-refractivity contribution in [3.05, 3.63) is 30.0 Å². The lowest BCUT2D eigenvalue weighted by Gasteiger charge is -2.30. The molecular weight excluding hydrogens is 361 g/mol. The lowest BCUT2D eigenvalue weighted by Crippen LogP contribution is -2.48. The van der Waals surface area contributed by atoms with Gasteiger partial charge in [0.05, 0.1) is 13.0 Å². The second kappa shape index (κ2) is 5.52. The second-order valence-electron chi connectivity index (χ2n) is 5.66. The van der Waals surface area contributed by atoms with Crippen molar-refractivity contribution in [2.24, 2.45) is 10.1 Å². The van der Waals surface area contributed by atoms with E-state index in [0.717, 1.165) is 6.08 Å². The van der Waals surface area contributed by atoms with Gasteiger partial charge in [0, 0.05) is 18.0 Å². The maximum absolute atomic E-state index is 12.9. The summed E-state index contributed by atoms with van der Waals surface area (Å²) in [5.41, 5.74) is 6.50. The van der Waals surface area contributed by atoms with Crippen LogP contribution in [-0.2, 0) is 10.0 Å². The number of halogens is 3. The highest BCUT2D eigenvalue weighted by molar-refractivity contribution is 7.90. The van der Waals surface area contributed by atoms with Crippen LogP contribution in [0.1, 0.15) is 12.0 Å². The van der Waals surface area contributed by atoms with Crippen LogP contribution in [0.25, 0.3) is 11.2 Å². The molecule has 1 unspecified atom stereocenters. The summed E-state index contributed by atoms with van der Waals surface area (Å²) in [5, 5.41) is 9.00. The van der Waals surface area contributed by atoms with Gasteiger partial charge in [0.1, 0.15) is 4.75 Å². The van der Waals surface area contributed by atoms with E-state index in [1.54, 1.807) is 12.1 Å². The minimum atomic E-state index is -4.73. The second-order valence-corrected chi connectivity index (χ2v) is 7.56. The fraction of sp³-hybridized carbons (Fsp3) is 0.308. The Morgan fingerprint density at radius 3 is 2.68 bits per heavy atom. The number of anilines is 1. The predicted molar refractivity (Wildman–Crippen MR) is 85.2 cm³/mol. The van der Waals surface area contributed by atoms with Crippen molar-refractivity contribution in [3.8, 4) is 0 Å². The molecule has 0 radical (unpaired) electrons. The fourth-order valence-electron chi connectivity index (χ4n) is 2.61. The number of rotatable bonds is 3. The molecule has 0 aromatic carbocycles. The SMILES string of the molecule is Nc1nc2ccc(C3=CC(CC(F)(F)F)(S(N)(=O)=O)CN=C3)cn2n1. The molecule has 1 atom stereocenters. The average Bonchev–Trinajstić information content (AvgIpc) is 2.83. The van der Waals surface area contributed by atoms with Crippen molar-refractivity contribution in [2.45, 2.75) is 17.3 Å². The van der Waals surface area contributed by atoms with E-state index in [9.17, 15) is 21.6 Å². The summed E-state index contributed by atoms with van der Waals surface area (Å²) in [6.45, 7) is -0.604. The normalized spacial score (nSPS) is 21.5. The number of alkyl halides is 3. The van der Waals surface area contributed by atoms with Crippen LogP contribution >= 0.6 is 0 Å². The van der Waals surface area contributed by atoms with Gasteiger partial charge in [-0.15, -0.1) is 5.10 Å². The van der Waals surface area contributed by atoms with Gasteiger partial charge in [-0.1, -0.05) is 6.08 Å². The molecule has 0 fully saturated rings. The molecular formula is C13H13F3N6O2S. The van der Waals surface area contributed by atoms with Gasteiger partial charge >= 0.3 is 6.18 Å². The first-order chi connectivity index (χ1) is 11.5. The van der Waals surface area contributed by atoms with Crippen LogP contribution in [0.15, 0.2) is 29.4 Å². The number of hydrogen-bond donors (Lipinski definition) is 2. The number of dihydropyridines is 1. The van der Waals surface area contributed by atoms with Gasteiger partial charge in [-0.2, -0.15) is 18.2 Å². The molecule has 134 valence electrons. The molecule has 2 aromatic heterocycles. The van der Waals surface area contributed by atoms with E-state index in [0.29, 0.717) is 11.2 Å². The lowest BCUT2D eigenvalue weighted by molar-refractivity contribution is -0.138. The Balaban J connectivity index is 2.11. The van der Waals surface area contributed by atoms with Crippen molar-refractivity contribution in [3.63, 3.8) is 0 Å². The Morgan fingerprint density at radius 1 is 1.32 bits per heavy atom. The first-order valence-corrected chi connectivity index (χ1v) is 8.48. The van der Waals surface area contributed by atoms with Crippen molar-refractivity contribution >= 4 is 33.4 Å². The summed E-state index contributed by atoms with van der Waals surface area (Å²) in [6, 6.07) is 3.10. The maximum atomic E-state index is 12.9. The predicted octanol–water partition coefficient (Wildman–Crippen LogP) is 0.759. The Kier molecular flexibility index (Phi) is 3.84. The molecule has 0 saturated carbocycles. The number of fused-ring (bicyclic) bond motifs is 1. The van der Waals surface area contributed by atoms with Crippen LogP contribution in [0.4, 0.5) is 19.1 Å².